The van der Waals surface area contributed by atoms with Crippen molar-refractivity contribution in [2.75, 3.05) is 13.1 Å². The fourth-order valence-electron chi connectivity index (χ4n) is 3.56. The number of hydrogen-bond donors (Lipinski definition) is 0. The van der Waals surface area contributed by atoms with Crippen LogP contribution >= 0.6 is 11.6 Å². The predicted octanol–water partition coefficient (Wildman–Crippen LogP) is 6.36. The van der Waals surface area contributed by atoms with Gasteiger partial charge in [-0.1, -0.05) is 51.4 Å². The van der Waals surface area contributed by atoms with Crippen LogP contribution in [0, 0.1) is 28.9 Å². The number of halogens is 8. The molecular weight excluding hydrogens is 467 g/mol. The van der Waals surface area contributed by atoms with Crippen molar-refractivity contribution in [2.24, 2.45) is 17.3 Å². The minimum absolute atomic E-state index is 0.00830. The fraction of sp³-hybridized carbons (Fsp3) is 0.571. The molecule has 1 aliphatic carbocycles. The first-order valence-electron chi connectivity index (χ1n) is 9.82. The lowest BCUT2D eigenvalue weighted by atomic mass is 10.1. The minimum atomic E-state index is -4.86. The Balaban J connectivity index is 2.23. The van der Waals surface area contributed by atoms with Gasteiger partial charge >= 0.3 is 18.3 Å². The number of hydrogen-bond acceptors (Lipinski definition) is 3. The first kappa shape index (κ1) is 26.4. The molecule has 0 aromatic heterocycles. The Morgan fingerprint density at radius 1 is 1.12 bits per heavy atom. The molecule has 0 saturated heterocycles. The van der Waals surface area contributed by atoms with E-state index in [1.165, 1.54) is 13.8 Å². The summed E-state index contributed by atoms with van der Waals surface area (Å²) in [6, 6.07) is 1.60. The van der Waals surface area contributed by atoms with E-state index in [0.717, 1.165) is 6.07 Å². The molecule has 2 unspecified atom stereocenters. The summed E-state index contributed by atoms with van der Waals surface area (Å²) in [5.74, 6) is -7.37. The third-order valence-corrected chi connectivity index (χ3v) is 6.09. The molecule has 2 atom stereocenters. The van der Waals surface area contributed by atoms with Crippen molar-refractivity contribution in [3.8, 4) is 0 Å². The summed E-state index contributed by atoms with van der Waals surface area (Å²) in [6.07, 6.45) is -8.82. The minimum Gasteiger partial charge on any atom is -0.397 e. The zero-order valence-electron chi connectivity index (χ0n) is 17.8. The van der Waals surface area contributed by atoms with E-state index in [9.17, 15) is 35.5 Å². The topological polar surface area (TPSA) is 29.5 Å². The van der Waals surface area contributed by atoms with Gasteiger partial charge in [0.2, 0.25) is 0 Å². The van der Waals surface area contributed by atoms with Crippen LogP contribution in [0.3, 0.4) is 0 Å². The molecule has 0 aliphatic heterocycles. The van der Waals surface area contributed by atoms with Crippen molar-refractivity contribution in [1.29, 1.82) is 0 Å². The van der Waals surface area contributed by atoms with E-state index in [4.69, 9.17) is 11.6 Å². The SMILES string of the molecule is CCN(CC)Cc1ccc(C(F)(F)OC(=O)C2C(C=C(Cl)C(F)(F)F)C2(C)C)c(F)c1F. The Bertz CT molecular complexity index is 895. The van der Waals surface area contributed by atoms with Gasteiger partial charge in [-0.15, -0.1) is 0 Å². The van der Waals surface area contributed by atoms with Gasteiger partial charge in [-0.25, -0.2) is 8.78 Å². The van der Waals surface area contributed by atoms with E-state index in [-0.39, 0.29) is 12.1 Å². The van der Waals surface area contributed by atoms with Gasteiger partial charge in [0.05, 0.1) is 5.92 Å². The van der Waals surface area contributed by atoms with Gasteiger partial charge in [-0.2, -0.15) is 22.0 Å². The Morgan fingerprint density at radius 2 is 1.69 bits per heavy atom. The zero-order valence-corrected chi connectivity index (χ0v) is 18.6. The van der Waals surface area contributed by atoms with E-state index in [1.807, 2.05) is 0 Å². The standard InChI is InChI=1S/C21H23ClF7NO2/c1-5-30(6-2)10-11-7-8-12(17(24)16(11)23)21(28,29)32-18(31)15-13(19(15,3)4)9-14(22)20(25,26)27/h7-9,13,15H,5-6,10H2,1-4H3. The monoisotopic (exact) mass is 489 g/mol. The Kier molecular flexibility index (Phi) is 7.61. The van der Waals surface area contributed by atoms with Crippen molar-refractivity contribution in [3.05, 3.63) is 46.0 Å². The molecule has 1 saturated carbocycles. The molecule has 0 N–H and O–H groups in total. The number of ether oxygens (including phenoxy) is 1. The molecule has 0 bridgehead atoms. The van der Waals surface area contributed by atoms with Crippen LogP contribution in [0.1, 0.15) is 38.8 Å². The molecule has 3 nitrogen and oxygen atoms in total. The first-order valence-corrected chi connectivity index (χ1v) is 10.2. The number of nitrogens with zero attached hydrogens (tertiary/aromatic N) is 1. The normalized spacial score (nSPS) is 21.1. The maximum Gasteiger partial charge on any atom is 0.431 e. The molecule has 2 rings (SSSR count). The number of allylic oxidation sites excluding steroid dienone is 2. The molecule has 180 valence electrons. The number of benzene rings is 1. The van der Waals surface area contributed by atoms with Crippen molar-refractivity contribution in [1.82, 2.24) is 4.90 Å². The molecule has 0 heterocycles. The average Bonchev–Trinajstić information content (AvgIpc) is 3.21. The Hall–Kier alpha value is -1.81. The van der Waals surface area contributed by atoms with Crippen LogP contribution in [-0.4, -0.2) is 30.1 Å². The highest BCUT2D eigenvalue weighted by molar-refractivity contribution is 6.30. The smallest absolute Gasteiger partial charge is 0.397 e. The highest BCUT2D eigenvalue weighted by Crippen LogP contribution is 2.61. The van der Waals surface area contributed by atoms with Crippen LogP contribution in [0.2, 0.25) is 0 Å². The van der Waals surface area contributed by atoms with Crippen LogP contribution < -0.4 is 0 Å². The Labute approximate surface area is 186 Å². The molecular formula is C21H23ClF7NO2. The maximum atomic E-state index is 14.5. The van der Waals surface area contributed by atoms with Gasteiger partial charge in [0, 0.05) is 12.1 Å². The van der Waals surface area contributed by atoms with E-state index >= 15 is 0 Å². The average molecular weight is 490 g/mol. The fourth-order valence-corrected chi connectivity index (χ4v) is 3.70. The zero-order chi connectivity index (χ0) is 24.6. The summed E-state index contributed by atoms with van der Waals surface area (Å²) < 4.78 is 99.8. The van der Waals surface area contributed by atoms with E-state index in [2.05, 4.69) is 4.74 Å². The van der Waals surface area contributed by atoms with Crippen molar-refractivity contribution in [2.45, 2.75) is 46.5 Å². The second kappa shape index (κ2) is 9.21. The van der Waals surface area contributed by atoms with Crippen molar-refractivity contribution in [3.63, 3.8) is 0 Å². The molecule has 1 aromatic carbocycles. The summed E-state index contributed by atoms with van der Waals surface area (Å²) in [4.78, 5) is 14.0. The lowest BCUT2D eigenvalue weighted by Gasteiger charge is -2.21. The lowest BCUT2D eigenvalue weighted by molar-refractivity contribution is -0.243. The van der Waals surface area contributed by atoms with Crippen LogP contribution in [-0.2, 0) is 22.2 Å². The molecule has 1 aromatic rings. The van der Waals surface area contributed by atoms with Gasteiger partial charge in [0.25, 0.3) is 0 Å². The predicted molar refractivity (Wildman–Crippen MR) is 104 cm³/mol. The summed E-state index contributed by atoms with van der Waals surface area (Å²) in [6.45, 7) is 7.39. The number of rotatable bonds is 8. The molecule has 0 amide bonds. The lowest BCUT2D eigenvalue weighted by Crippen LogP contribution is -2.27. The Morgan fingerprint density at radius 3 is 2.19 bits per heavy atom. The molecule has 1 aliphatic rings. The quantitative estimate of drug-likeness (QED) is 0.314. The summed E-state index contributed by atoms with van der Waals surface area (Å²) >= 11 is 5.17. The van der Waals surface area contributed by atoms with Crippen LogP contribution in [0.25, 0.3) is 0 Å². The number of alkyl halides is 5. The van der Waals surface area contributed by atoms with Crippen LogP contribution in [0.15, 0.2) is 23.2 Å². The number of carbonyl (C=O) groups is 1. The molecule has 1 fully saturated rings. The third-order valence-electron chi connectivity index (χ3n) is 5.75. The largest absolute Gasteiger partial charge is 0.431 e. The van der Waals surface area contributed by atoms with E-state index in [0.29, 0.717) is 25.2 Å². The maximum absolute atomic E-state index is 14.5. The van der Waals surface area contributed by atoms with Gasteiger partial charge in [0.15, 0.2) is 11.6 Å². The van der Waals surface area contributed by atoms with Gasteiger partial charge in [-0.05, 0) is 30.5 Å². The second-order valence-electron chi connectivity index (χ2n) is 8.14. The van der Waals surface area contributed by atoms with E-state index in [1.54, 1.807) is 18.7 Å². The molecule has 32 heavy (non-hydrogen) atoms. The molecule has 11 heteroatoms. The van der Waals surface area contributed by atoms with Crippen molar-refractivity contribution < 1.29 is 40.3 Å². The highest BCUT2D eigenvalue weighted by atomic mass is 35.5. The molecule has 0 spiro atoms. The third kappa shape index (κ3) is 5.39. The first-order chi connectivity index (χ1) is 14.6. The van der Waals surface area contributed by atoms with E-state index < -0.39 is 57.7 Å². The van der Waals surface area contributed by atoms with Crippen molar-refractivity contribution >= 4 is 17.6 Å². The summed E-state index contributed by atoms with van der Waals surface area (Å²) in [5.41, 5.74) is -2.77. The van der Waals surface area contributed by atoms with Gasteiger partial charge in [-0.3, -0.25) is 9.69 Å². The van der Waals surface area contributed by atoms with Gasteiger partial charge in [0.1, 0.15) is 10.6 Å². The summed E-state index contributed by atoms with van der Waals surface area (Å²) in [5, 5.41) is -1.49. The highest BCUT2D eigenvalue weighted by Gasteiger charge is 2.63. The van der Waals surface area contributed by atoms with Crippen LogP contribution in [0.5, 0.6) is 0 Å². The van der Waals surface area contributed by atoms with Crippen LogP contribution in [0.4, 0.5) is 30.7 Å². The molecule has 0 radical (unpaired) electrons. The number of carbonyl (C=O) groups excluding carboxylic acids is 1. The van der Waals surface area contributed by atoms with Gasteiger partial charge < -0.3 is 4.74 Å². The summed E-state index contributed by atoms with van der Waals surface area (Å²) in [7, 11) is 0. The second-order valence-corrected chi connectivity index (χ2v) is 8.54. The number of esters is 1.